The van der Waals surface area contributed by atoms with Crippen molar-refractivity contribution in [3.8, 4) is 0 Å². The van der Waals surface area contributed by atoms with Crippen molar-refractivity contribution in [2.24, 2.45) is 0 Å². The molecule has 0 bridgehead atoms. The normalized spacial score (nSPS) is 10.9. The number of fused-ring (bicyclic) bond motifs is 2. The molecule has 5 rings (SSSR count). The van der Waals surface area contributed by atoms with Crippen LogP contribution in [-0.4, -0.2) is 21.4 Å². The molecule has 3 aromatic carbocycles. The fourth-order valence-corrected chi connectivity index (χ4v) is 4.12. The average molecular weight is 483 g/mol. The highest BCUT2D eigenvalue weighted by atomic mass is 35.5. The van der Waals surface area contributed by atoms with Crippen LogP contribution in [-0.2, 0) is 11.3 Å². The van der Waals surface area contributed by atoms with E-state index in [2.05, 4.69) is 15.6 Å². The summed E-state index contributed by atoms with van der Waals surface area (Å²) in [4.78, 5) is 43.0. The summed E-state index contributed by atoms with van der Waals surface area (Å²) < 4.78 is 1.81. The van der Waals surface area contributed by atoms with Gasteiger partial charge in [0, 0.05) is 17.0 Å². The van der Waals surface area contributed by atoms with Gasteiger partial charge in [-0.2, -0.15) is 0 Å². The van der Waals surface area contributed by atoms with Crippen molar-refractivity contribution in [2.75, 3.05) is 10.6 Å². The molecular formula is C27H19ClN4O3. The first-order chi connectivity index (χ1) is 17.0. The second-order valence-electron chi connectivity index (χ2n) is 7.86. The number of para-hydroxylation sites is 3. The van der Waals surface area contributed by atoms with Crippen molar-refractivity contribution in [1.29, 1.82) is 0 Å². The molecule has 0 aliphatic carbocycles. The van der Waals surface area contributed by atoms with Gasteiger partial charge in [-0.25, -0.2) is 4.98 Å². The molecule has 0 spiro atoms. The molecule has 8 heteroatoms. The number of hydrogen-bond donors (Lipinski definition) is 2. The van der Waals surface area contributed by atoms with Gasteiger partial charge < -0.3 is 15.2 Å². The van der Waals surface area contributed by atoms with Gasteiger partial charge in [0.2, 0.25) is 5.91 Å². The molecule has 0 radical (unpaired) electrons. The molecule has 7 nitrogen and oxygen atoms in total. The van der Waals surface area contributed by atoms with Crippen LogP contribution in [0, 0.1) is 0 Å². The van der Waals surface area contributed by atoms with Crippen molar-refractivity contribution < 1.29 is 9.59 Å². The monoisotopic (exact) mass is 482 g/mol. The van der Waals surface area contributed by atoms with Gasteiger partial charge in [-0.05, 0) is 48.5 Å². The summed E-state index contributed by atoms with van der Waals surface area (Å²) in [6, 6.07) is 24.3. The Bertz CT molecular complexity index is 1580. The molecule has 0 aliphatic heterocycles. The molecule has 2 aromatic heterocycles. The zero-order valence-corrected chi connectivity index (χ0v) is 19.1. The fraction of sp³-hybridized carbons (Fsp3) is 0.0370. The Kier molecular flexibility index (Phi) is 5.99. The lowest BCUT2D eigenvalue weighted by Gasteiger charge is -2.16. The van der Waals surface area contributed by atoms with Crippen molar-refractivity contribution in [3.05, 3.63) is 112 Å². The minimum Gasteiger partial charge on any atom is -0.331 e. The molecule has 2 heterocycles. The van der Waals surface area contributed by atoms with Gasteiger partial charge in [0.1, 0.15) is 12.4 Å². The quantitative estimate of drug-likeness (QED) is 0.341. The van der Waals surface area contributed by atoms with Crippen LogP contribution in [0.3, 0.4) is 0 Å². The molecule has 0 atom stereocenters. The van der Waals surface area contributed by atoms with E-state index in [-0.39, 0.29) is 23.4 Å². The highest BCUT2D eigenvalue weighted by Crippen LogP contribution is 2.21. The molecule has 0 fully saturated rings. The van der Waals surface area contributed by atoms with Crippen LogP contribution in [0.2, 0.25) is 5.02 Å². The summed E-state index contributed by atoms with van der Waals surface area (Å²) in [7, 11) is 0. The molecule has 172 valence electrons. The van der Waals surface area contributed by atoms with Crippen LogP contribution in [0.15, 0.2) is 95.9 Å². The molecule has 35 heavy (non-hydrogen) atoms. The lowest BCUT2D eigenvalue weighted by Crippen LogP contribution is -2.23. The van der Waals surface area contributed by atoms with Gasteiger partial charge in [-0.15, -0.1) is 0 Å². The van der Waals surface area contributed by atoms with Crippen LogP contribution in [0.1, 0.15) is 10.4 Å². The van der Waals surface area contributed by atoms with Crippen LogP contribution in [0.5, 0.6) is 0 Å². The van der Waals surface area contributed by atoms with Gasteiger partial charge in [0.25, 0.3) is 5.91 Å². The van der Waals surface area contributed by atoms with Crippen LogP contribution < -0.4 is 16.1 Å². The number of nitrogens with zero attached hydrogens (tertiary/aromatic N) is 2. The molecule has 0 saturated carbocycles. The highest BCUT2D eigenvalue weighted by Gasteiger charge is 2.16. The third-order valence-corrected chi connectivity index (χ3v) is 5.82. The summed E-state index contributed by atoms with van der Waals surface area (Å²) in [5.41, 5.74) is 1.88. The minimum absolute atomic E-state index is 0.0456. The third kappa shape index (κ3) is 4.49. The largest absolute Gasteiger partial charge is 0.331 e. The maximum absolute atomic E-state index is 13.2. The smallest absolute Gasteiger partial charge is 0.258 e. The first-order valence-electron chi connectivity index (χ1n) is 10.8. The van der Waals surface area contributed by atoms with Crippen molar-refractivity contribution in [3.63, 3.8) is 0 Å². The number of nitrogens with one attached hydrogen (secondary N) is 2. The molecule has 2 amide bonds. The molecule has 0 aliphatic rings. The minimum atomic E-state index is -0.421. The number of pyridine rings is 2. The van der Waals surface area contributed by atoms with E-state index in [9.17, 15) is 14.4 Å². The van der Waals surface area contributed by atoms with E-state index >= 15 is 0 Å². The Morgan fingerprint density at radius 1 is 0.800 bits per heavy atom. The van der Waals surface area contributed by atoms with Gasteiger partial charge in [-0.1, -0.05) is 48.0 Å². The maximum Gasteiger partial charge on any atom is 0.258 e. The van der Waals surface area contributed by atoms with E-state index in [0.29, 0.717) is 38.3 Å². The Labute approximate surface area is 205 Å². The summed E-state index contributed by atoms with van der Waals surface area (Å²) in [6.07, 6.45) is 1.43. The molecule has 0 unspecified atom stereocenters. The number of carbonyl (C=O) groups is 2. The lowest BCUT2D eigenvalue weighted by atomic mass is 10.1. The van der Waals surface area contributed by atoms with E-state index < -0.39 is 5.91 Å². The standard InChI is InChI=1S/C27H19ClN4O3/c28-17-13-14-24(29-15-17)31-27(35)18-7-1-4-10-21(18)30-25(33)16-32-22-11-5-2-8-19(22)26(34)20-9-3-6-12-23(20)32/h1-15H,16H2,(H,30,33)(H,29,31,35). The number of hydrogen-bond acceptors (Lipinski definition) is 4. The van der Waals surface area contributed by atoms with E-state index in [0.717, 1.165) is 0 Å². The molecule has 0 saturated heterocycles. The number of rotatable bonds is 5. The number of carbonyl (C=O) groups excluding carboxylic acids is 2. The third-order valence-electron chi connectivity index (χ3n) is 5.60. The number of anilines is 2. The van der Waals surface area contributed by atoms with E-state index in [4.69, 9.17) is 11.6 Å². The van der Waals surface area contributed by atoms with E-state index in [1.807, 2.05) is 28.8 Å². The van der Waals surface area contributed by atoms with Crippen molar-refractivity contribution >= 4 is 56.7 Å². The van der Waals surface area contributed by atoms with Crippen molar-refractivity contribution in [2.45, 2.75) is 6.54 Å². The SMILES string of the molecule is O=C(Cn1c2ccccc2c(=O)c2ccccc21)Nc1ccccc1C(=O)Nc1ccc(Cl)cn1. The number of amides is 2. The summed E-state index contributed by atoms with van der Waals surface area (Å²) in [5, 5.41) is 7.07. The van der Waals surface area contributed by atoms with Gasteiger partial charge in [0.15, 0.2) is 5.43 Å². The Hall–Kier alpha value is -4.49. The van der Waals surface area contributed by atoms with Crippen LogP contribution in [0.25, 0.3) is 21.8 Å². The predicted octanol–water partition coefficient (Wildman–Crippen LogP) is 5.09. The van der Waals surface area contributed by atoms with Gasteiger partial charge in [0.05, 0.1) is 27.3 Å². The van der Waals surface area contributed by atoms with Gasteiger partial charge >= 0.3 is 0 Å². The second-order valence-corrected chi connectivity index (χ2v) is 8.30. The zero-order valence-electron chi connectivity index (χ0n) is 18.4. The zero-order chi connectivity index (χ0) is 24.4. The van der Waals surface area contributed by atoms with E-state index in [1.54, 1.807) is 60.7 Å². The molecule has 5 aromatic rings. The lowest BCUT2D eigenvalue weighted by molar-refractivity contribution is -0.116. The Balaban J connectivity index is 1.45. The highest BCUT2D eigenvalue weighted by molar-refractivity contribution is 6.30. The second kappa shape index (κ2) is 9.40. The topological polar surface area (TPSA) is 93.1 Å². The van der Waals surface area contributed by atoms with Crippen LogP contribution in [0.4, 0.5) is 11.5 Å². The van der Waals surface area contributed by atoms with Crippen molar-refractivity contribution in [1.82, 2.24) is 9.55 Å². The number of benzene rings is 3. The number of halogens is 1. The maximum atomic E-state index is 13.2. The first-order valence-corrected chi connectivity index (χ1v) is 11.2. The summed E-state index contributed by atoms with van der Waals surface area (Å²) >= 11 is 5.85. The van der Waals surface area contributed by atoms with Gasteiger partial charge in [-0.3, -0.25) is 14.4 Å². The fourth-order valence-electron chi connectivity index (χ4n) is 4.00. The first kappa shape index (κ1) is 22.3. The molecule has 2 N–H and O–H groups in total. The summed E-state index contributed by atoms with van der Waals surface area (Å²) in [6.45, 7) is -0.0456. The Morgan fingerprint density at radius 3 is 2.09 bits per heavy atom. The average Bonchev–Trinajstić information content (AvgIpc) is 2.88. The molecular weight excluding hydrogens is 464 g/mol. The number of aromatic nitrogens is 2. The predicted molar refractivity (Wildman–Crippen MR) is 138 cm³/mol. The van der Waals surface area contributed by atoms with E-state index in [1.165, 1.54) is 6.20 Å². The Morgan fingerprint density at radius 2 is 1.43 bits per heavy atom. The summed E-state index contributed by atoms with van der Waals surface area (Å²) in [5.74, 6) is -0.421. The van der Waals surface area contributed by atoms with Crippen LogP contribution >= 0.6 is 11.6 Å².